The molecule has 0 bridgehead atoms. The van der Waals surface area contributed by atoms with Gasteiger partial charge < -0.3 is 10.5 Å². The number of ketones is 1. The highest BCUT2D eigenvalue weighted by Crippen LogP contribution is 2.45. The normalized spacial score (nSPS) is 14.7. The number of rotatable bonds is 5. The van der Waals surface area contributed by atoms with Crippen LogP contribution in [0.1, 0.15) is 34.5 Å². The highest BCUT2D eigenvalue weighted by atomic mass is 19.1. The number of H-pyrrole nitrogens is 1. The van der Waals surface area contributed by atoms with Gasteiger partial charge in [0.15, 0.2) is 0 Å². The molecule has 3 aromatic rings. The quantitative estimate of drug-likeness (QED) is 0.671. The summed E-state index contributed by atoms with van der Waals surface area (Å²) < 4.78 is 19.6. The molecule has 1 saturated carbocycles. The topological polar surface area (TPSA) is 118 Å². The van der Waals surface area contributed by atoms with E-state index in [9.17, 15) is 14.4 Å². The second kappa shape index (κ2) is 6.06. The van der Waals surface area contributed by atoms with Gasteiger partial charge in [0.1, 0.15) is 23.6 Å². The molecule has 0 saturated heterocycles. The molecule has 0 spiro atoms. The second-order valence-corrected chi connectivity index (χ2v) is 6.81. The SMILES string of the molecule is Cc1cc(N)c(C(=O)c2ccc(F)c3[nH]ncc23)nc1OCC1(C#N)CC1. The van der Waals surface area contributed by atoms with Gasteiger partial charge in [-0.25, -0.2) is 9.37 Å². The Bertz CT molecular complexity index is 1110. The van der Waals surface area contributed by atoms with Crippen LogP contribution in [0, 0.1) is 29.5 Å². The fraction of sp³-hybridized carbons (Fsp3) is 0.263. The number of nitrogen functional groups attached to an aromatic ring is 1. The first kappa shape index (κ1) is 17.0. The number of aryl methyl sites for hydroxylation is 1. The molecule has 2 aromatic heterocycles. The van der Waals surface area contributed by atoms with Crippen LogP contribution in [-0.2, 0) is 0 Å². The van der Waals surface area contributed by atoms with Crippen LogP contribution in [0.25, 0.3) is 10.9 Å². The molecular weight excluding hydrogens is 349 g/mol. The van der Waals surface area contributed by atoms with Gasteiger partial charge in [-0.1, -0.05) is 0 Å². The number of carbonyl (C=O) groups is 1. The Hall–Kier alpha value is -3.47. The minimum Gasteiger partial charge on any atom is -0.476 e. The van der Waals surface area contributed by atoms with E-state index in [0.717, 1.165) is 12.8 Å². The number of aromatic amines is 1. The predicted molar refractivity (Wildman–Crippen MR) is 95.6 cm³/mol. The van der Waals surface area contributed by atoms with Gasteiger partial charge in [0.25, 0.3) is 0 Å². The number of nitriles is 1. The van der Waals surface area contributed by atoms with Gasteiger partial charge in [-0.3, -0.25) is 9.89 Å². The summed E-state index contributed by atoms with van der Waals surface area (Å²) >= 11 is 0. The Balaban J connectivity index is 1.71. The third-order valence-corrected chi connectivity index (χ3v) is 4.80. The van der Waals surface area contributed by atoms with E-state index in [4.69, 9.17) is 10.5 Å². The Morgan fingerprint density at radius 1 is 1.48 bits per heavy atom. The molecule has 27 heavy (non-hydrogen) atoms. The van der Waals surface area contributed by atoms with Gasteiger partial charge in [-0.2, -0.15) is 10.4 Å². The number of nitrogens with zero attached hydrogens (tertiary/aromatic N) is 3. The van der Waals surface area contributed by atoms with Crippen molar-refractivity contribution in [2.75, 3.05) is 12.3 Å². The zero-order valence-corrected chi connectivity index (χ0v) is 14.5. The minimum absolute atomic E-state index is 0.0199. The lowest BCUT2D eigenvalue weighted by Gasteiger charge is -2.13. The molecule has 0 atom stereocenters. The van der Waals surface area contributed by atoms with Crippen molar-refractivity contribution in [2.24, 2.45) is 5.41 Å². The number of fused-ring (bicyclic) bond motifs is 1. The average Bonchev–Trinajstić information content (AvgIpc) is 3.26. The second-order valence-electron chi connectivity index (χ2n) is 6.81. The monoisotopic (exact) mass is 365 g/mol. The van der Waals surface area contributed by atoms with E-state index in [1.165, 1.54) is 18.3 Å². The average molecular weight is 365 g/mol. The number of hydrogen-bond acceptors (Lipinski definition) is 6. The maximum Gasteiger partial charge on any atom is 0.217 e. The van der Waals surface area contributed by atoms with Gasteiger partial charge in [-0.05, 0) is 38.0 Å². The summed E-state index contributed by atoms with van der Waals surface area (Å²) in [6, 6.07) is 6.43. The fourth-order valence-electron chi connectivity index (χ4n) is 2.92. The predicted octanol–water partition coefficient (Wildman–Crippen LogP) is 2.90. The van der Waals surface area contributed by atoms with Crippen molar-refractivity contribution in [3.63, 3.8) is 0 Å². The van der Waals surface area contributed by atoms with Gasteiger partial charge >= 0.3 is 0 Å². The van der Waals surface area contributed by atoms with Crippen molar-refractivity contribution in [1.82, 2.24) is 15.2 Å². The molecule has 4 rings (SSSR count). The number of hydrogen-bond donors (Lipinski definition) is 2. The number of benzene rings is 1. The van der Waals surface area contributed by atoms with Crippen molar-refractivity contribution in [1.29, 1.82) is 5.26 Å². The number of anilines is 1. The van der Waals surface area contributed by atoms with Gasteiger partial charge in [-0.15, -0.1) is 0 Å². The lowest BCUT2D eigenvalue weighted by Crippen LogP contribution is -2.15. The summed E-state index contributed by atoms with van der Waals surface area (Å²) in [5, 5.41) is 15.9. The van der Waals surface area contributed by atoms with Gasteiger partial charge in [0, 0.05) is 16.5 Å². The Morgan fingerprint density at radius 2 is 2.26 bits per heavy atom. The standard InChI is InChI=1S/C19H16FN5O2/c1-10-6-14(22)16(24-18(10)27-9-19(8-21)4-5-19)17(26)11-2-3-13(20)15-12(11)7-23-25-15/h2-3,6-7H,4-5,9,22H2,1H3,(H,23,25). The highest BCUT2D eigenvalue weighted by Gasteiger charge is 2.44. The lowest BCUT2D eigenvalue weighted by atomic mass is 10.0. The van der Waals surface area contributed by atoms with E-state index >= 15 is 0 Å². The summed E-state index contributed by atoms with van der Waals surface area (Å²) in [6.07, 6.45) is 2.96. The van der Waals surface area contributed by atoms with Crippen LogP contribution in [0.4, 0.5) is 10.1 Å². The molecule has 0 radical (unpaired) electrons. The van der Waals surface area contributed by atoms with Crippen LogP contribution in [0.2, 0.25) is 0 Å². The summed E-state index contributed by atoms with van der Waals surface area (Å²) in [7, 11) is 0. The summed E-state index contributed by atoms with van der Waals surface area (Å²) in [5.74, 6) is -0.691. The van der Waals surface area contributed by atoms with E-state index in [-0.39, 0.29) is 34.9 Å². The Labute approximate surface area is 154 Å². The Morgan fingerprint density at radius 3 is 2.96 bits per heavy atom. The minimum atomic E-state index is -0.501. The highest BCUT2D eigenvalue weighted by molar-refractivity contribution is 6.17. The van der Waals surface area contributed by atoms with E-state index < -0.39 is 17.0 Å². The summed E-state index contributed by atoms with van der Waals surface area (Å²) in [6.45, 7) is 1.99. The molecule has 0 aliphatic heterocycles. The van der Waals surface area contributed by atoms with Crippen molar-refractivity contribution < 1.29 is 13.9 Å². The third kappa shape index (κ3) is 2.87. The third-order valence-electron chi connectivity index (χ3n) is 4.80. The van der Waals surface area contributed by atoms with Crippen molar-refractivity contribution >= 4 is 22.4 Å². The number of nitrogens with one attached hydrogen (secondary N) is 1. The fourth-order valence-corrected chi connectivity index (χ4v) is 2.92. The van der Waals surface area contributed by atoms with E-state index in [0.29, 0.717) is 10.9 Å². The molecule has 7 nitrogen and oxygen atoms in total. The molecule has 8 heteroatoms. The number of carbonyl (C=O) groups excluding carboxylic acids is 1. The number of pyridine rings is 1. The smallest absolute Gasteiger partial charge is 0.217 e. The van der Waals surface area contributed by atoms with Crippen LogP contribution in [0.3, 0.4) is 0 Å². The molecule has 1 aliphatic rings. The number of nitrogens with two attached hydrogens (primary N) is 1. The lowest BCUT2D eigenvalue weighted by molar-refractivity contribution is 0.103. The summed E-state index contributed by atoms with van der Waals surface area (Å²) in [4.78, 5) is 17.3. The van der Waals surface area contributed by atoms with Crippen LogP contribution in [0.5, 0.6) is 5.88 Å². The van der Waals surface area contributed by atoms with Crippen LogP contribution >= 0.6 is 0 Å². The zero-order chi connectivity index (χ0) is 19.2. The first-order valence-electron chi connectivity index (χ1n) is 8.41. The van der Waals surface area contributed by atoms with E-state index in [2.05, 4.69) is 21.3 Å². The molecule has 0 amide bonds. The first-order valence-corrected chi connectivity index (χ1v) is 8.41. The van der Waals surface area contributed by atoms with Crippen molar-refractivity contribution in [3.8, 4) is 11.9 Å². The van der Waals surface area contributed by atoms with E-state index in [1.54, 1.807) is 13.0 Å². The largest absolute Gasteiger partial charge is 0.476 e. The molecule has 1 fully saturated rings. The molecule has 2 heterocycles. The zero-order valence-electron chi connectivity index (χ0n) is 14.5. The van der Waals surface area contributed by atoms with Gasteiger partial charge in [0.05, 0.1) is 23.4 Å². The van der Waals surface area contributed by atoms with Crippen LogP contribution < -0.4 is 10.5 Å². The number of aromatic nitrogens is 3. The molecular formula is C19H16FN5O2. The Kier molecular flexibility index (Phi) is 3.81. The molecule has 1 aromatic carbocycles. The number of ether oxygens (including phenoxy) is 1. The van der Waals surface area contributed by atoms with Crippen LogP contribution in [0.15, 0.2) is 24.4 Å². The number of halogens is 1. The van der Waals surface area contributed by atoms with Gasteiger partial charge in [0.2, 0.25) is 11.7 Å². The molecule has 1 aliphatic carbocycles. The molecule has 3 N–H and O–H groups in total. The van der Waals surface area contributed by atoms with Crippen molar-refractivity contribution in [3.05, 3.63) is 47.0 Å². The van der Waals surface area contributed by atoms with Crippen molar-refractivity contribution in [2.45, 2.75) is 19.8 Å². The van der Waals surface area contributed by atoms with E-state index in [1.807, 2.05) is 0 Å². The summed E-state index contributed by atoms with van der Waals surface area (Å²) in [5.41, 5.74) is 6.83. The maximum atomic E-state index is 13.8. The first-order chi connectivity index (χ1) is 12.9. The van der Waals surface area contributed by atoms with Crippen LogP contribution in [-0.4, -0.2) is 27.6 Å². The molecule has 0 unspecified atom stereocenters. The molecule has 136 valence electrons. The maximum absolute atomic E-state index is 13.8.